The number of hydrogen-bond acceptors (Lipinski definition) is 5. The molecule has 0 unspecified atom stereocenters. The number of amides is 1. The van der Waals surface area contributed by atoms with Crippen LogP contribution >= 0.6 is 0 Å². The fourth-order valence-corrected chi connectivity index (χ4v) is 3.57. The predicted molar refractivity (Wildman–Crippen MR) is 125 cm³/mol. The molecule has 0 saturated carbocycles. The minimum atomic E-state index is -0.178. The molecule has 0 spiro atoms. The number of rotatable bonds is 9. The maximum absolute atomic E-state index is 12.4. The average molecular weight is 436 g/mol. The summed E-state index contributed by atoms with van der Waals surface area (Å²) < 4.78 is 18.1. The van der Waals surface area contributed by atoms with Gasteiger partial charge in [-0.3, -0.25) is 4.79 Å². The van der Waals surface area contributed by atoms with Crippen molar-refractivity contribution in [3.63, 3.8) is 0 Å². The van der Waals surface area contributed by atoms with Crippen LogP contribution in [0.5, 0.6) is 17.2 Å². The van der Waals surface area contributed by atoms with E-state index in [0.29, 0.717) is 30.2 Å². The summed E-state index contributed by atoms with van der Waals surface area (Å²) in [5.41, 5.74) is 4.63. The number of hydrogen-bond donors (Lipinski definition) is 1. The quantitative estimate of drug-likeness (QED) is 0.516. The summed E-state index contributed by atoms with van der Waals surface area (Å²) in [6.45, 7) is 4.36. The molecule has 32 heavy (non-hydrogen) atoms. The lowest BCUT2D eigenvalue weighted by molar-refractivity contribution is -0.116. The number of carbonyl (C=O) groups excluding carboxylic acids is 1. The van der Waals surface area contributed by atoms with Crippen molar-refractivity contribution in [2.45, 2.75) is 20.3 Å². The SMILES string of the molecule is COc1cc(OC)c(CCNC(=O)C=Cc2c(C)nn(-c3ccccc3)c2C)c(OC)c1. The van der Waals surface area contributed by atoms with Crippen molar-refractivity contribution < 1.29 is 19.0 Å². The molecule has 0 saturated heterocycles. The van der Waals surface area contributed by atoms with Gasteiger partial charge in [0, 0.05) is 41.6 Å². The van der Waals surface area contributed by atoms with E-state index in [1.54, 1.807) is 39.5 Å². The minimum Gasteiger partial charge on any atom is -0.496 e. The van der Waals surface area contributed by atoms with E-state index in [9.17, 15) is 4.79 Å². The van der Waals surface area contributed by atoms with Crippen molar-refractivity contribution in [1.82, 2.24) is 15.1 Å². The lowest BCUT2D eigenvalue weighted by atomic mass is 10.1. The highest BCUT2D eigenvalue weighted by Crippen LogP contribution is 2.34. The molecule has 0 aliphatic rings. The highest BCUT2D eigenvalue weighted by Gasteiger charge is 2.14. The first-order valence-corrected chi connectivity index (χ1v) is 10.3. The van der Waals surface area contributed by atoms with Crippen LogP contribution in [-0.2, 0) is 11.2 Å². The number of nitrogens with one attached hydrogen (secondary N) is 1. The number of ether oxygens (including phenoxy) is 3. The molecule has 0 fully saturated rings. The van der Waals surface area contributed by atoms with E-state index in [1.807, 2.05) is 48.9 Å². The van der Waals surface area contributed by atoms with Crippen molar-refractivity contribution in [3.05, 3.63) is 71.1 Å². The van der Waals surface area contributed by atoms with E-state index in [0.717, 1.165) is 28.2 Å². The van der Waals surface area contributed by atoms with Gasteiger partial charge in [0.1, 0.15) is 17.2 Å². The van der Waals surface area contributed by atoms with Crippen LogP contribution < -0.4 is 19.5 Å². The van der Waals surface area contributed by atoms with Crippen LogP contribution in [0.4, 0.5) is 0 Å². The molecule has 0 bridgehead atoms. The Balaban J connectivity index is 1.66. The summed E-state index contributed by atoms with van der Waals surface area (Å²) in [6.07, 6.45) is 3.90. The van der Waals surface area contributed by atoms with Crippen LogP contribution in [0.3, 0.4) is 0 Å². The lowest BCUT2D eigenvalue weighted by Crippen LogP contribution is -2.23. The van der Waals surface area contributed by atoms with E-state index < -0.39 is 0 Å². The molecule has 168 valence electrons. The fraction of sp³-hybridized carbons (Fsp3) is 0.280. The van der Waals surface area contributed by atoms with Gasteiger partial charge in [-0.25, -0.2) is 4.68 Å². The highest BCUT2D eigenvalue weighted by atomic mass is 16.5. The van der Waals surface area contributed by atoms with E-state index >= 15 is 0 Å². The first-order valence-electron chi connectivity index (χ1n) is 10.3. The van der Waals surface area contributed by atoms with Crippen LogP contribution in [0.1, 0.15) is 22.5 Å². The molecule has 0 aliphatic heterocycles. The summed E-state index contributed by atoms with van der Waals surface area (Å²) in [5.74, 6) is 1.79. The molecule has 0 aliphatic carbocycles. The zero-order valence-electron chi connectivity index (χ0n) is 19.1. The Morgan fingerprint density at radius 3 is 2.28 bits per heavy atom. The van der Waals surface area contributed by atoms with Gasteiger partial charge in [0.15, 0.2) is 0 Å². The Labute approximate surface area is 188 Å². The molecular formula is C25H29N3O4. The number of methoxy groups -OCH3 is 3. The van der Waals surface area contributed by atoms with Crippen molar-refractivity contribution >= 4 is 12.0 Å². The van der Waals surface area contributed by atoms with Gasteiger partial charge in [0.25, 0.3) is 0 Å². The number of nitrogens with zero attached hydrogens (tertiary/aromatic N) is 2. The third-order valence-electron chi connectivity index (χ3n) is 5.24. The van der Waals surface area contributed by atoms with Gasteiger partial charge in [0.2, 0.25) is 5.91 Å². The van der Waals surface area contributed by atoms with Gasteiger partial charge < -0.3 is 19.5 Å². The van der Waals surface area contributed by atoms with E-state index in [4.69, 9.17) is 14.2 Å². The van der Waals surface area contributed by atoms with Gasteiger partial charge >= 0.3 is 0 Å². The Morgan fingerprint density at radius 2 is 1.69 bits per heavy atom. The molecule has 1 heterocycles. The van der Waals surface area contributed by atoms with Gasteiger partial charge in [-0.2, -0.15) is 5.10 Å². The normalized spacial score (nSPS) is 10.9. The molecule has 0 atom stereocenters. The Bertz CT molecular complexity index is 1080. The fourth-order valence-electron chi connectivity index (χ4n) is 3.57. The topological polar surface area (TPSA) is 74.6 Å². The van der Waals surface area contributed by atoms with E-state index in [2.05, 4.69) is 10.4 Å². The Hall–Kier alpha value is -3.74. The van der Waals surface area contributed by atoms with E-state index in [1.165, 1.54) is 6.08 Å². The van der Waals surface area contributed by atoms with Crippen LogP contribution in [0, 0.1) is 13.8 Å². The molecule has 1 aromatic heterocycles. The van der Waals surface area contributed by atoms with Crippen LogP contribution in [0.2, 0.25) is 0 Å². The lowest BCUT2D eigenvalue weighted by Gasteiger charge is -2.15. The molecule has 1 N–H and O–H groups in total. The Morgan fingerprint density at radius 1 is 1.03 bits per heavy atom. The second kappa shape index (κ2) is 10.5. The van der Waals surface area contributed by atoms with Crippen molar-refractivity contribution in [3.8, 4) is 22.9 Å². The van der Waals surface area contributed by atoms with Crippen molar-refractivity contribution in [1.29, 1.82) is 0 Å². The monoisotopic (exact) mass is 435 g/mol. The number of benzene rings is 2. The summed E-state index contributed by atoms with van der Waals surface area (Å²) in [7, 11) is 4.78. The minimum absolute atomic E-state index is 0.178. The second-order valence-corrected chi connectivity index (χ2v) is 7.22. The molecule has 7 nitrogen and oxygen atoms in total. The third kappa shape index (κ3) is 5.11. The standard InChI is InChI=1S/C25H29N3O4/c1-17-21(18(2)28(27-17)19-9-7-6-8-10-19)11-12-25(29)26-14-13-22-23(31-4)15-20(30-3)16-24(22)32-5/h6-12,15-16H,13-14H2,1-5H3,(H,26,29). The van der Waals surface area contributed by atoms with Gasteiger partial charge in [-0.1, -0.05) is 18.2 Å². The highest BCUT2D eigenvalue weighted by molar-refractivity contribution is 5.92. The summed E-state index contributed by atoms with van der Waals surface area (Å²) >= 11 is 0. The molecule has 3 rings (SSSR count). The van der Waals surface area contributed by atoms with Gasteiger partial charge in [0.05, 0.1) is 32.7 Å². The third-order valence-corrected chi connectivity index (χ3v) is 5.24. The number of para-hydroxylation sites is 1. The molecule has 7 heteroatoms. The molecule has 3 aromatic rings. The maximum atomic E-state index is 12.4. The van der Waals surface area contributed by atoms with Crippen LogP contribution in [0.15, 0.2) is 48.5 Å². The number of aromatic nitrogens is 2. The van der Waals surface area contributed by atoms with Crippen molar-refractivity contribution in [2.24, 2.45) is 0 Å². The first-order chi connectivity index (χ1) is 15.5. The number of aryl methyl sites for hydroxylation is 1. The molecule has 1 amide bonds. The van der Waals surface area contributed by atoms with Gasteiger partial charge in [-0.15, -0.1) is 0 Å². The molecular weight excluding hydrogens is 406 g/mol. The Kier molecular flexibility index (Phi) is 7.54. The maximum Gasteiger partial charge on any atom is 0.244 e. The van der Waals surface area contributed by atoms with Crippen LogP contribution in [0.25, 0.3) is 11.8 Å². The smallest absolute Gasteiger partial charge is 0.244 e. The molecule has 2 aromatic carbocycles. The van der Waals surface area contributed by atoms with E-state index in [-0.39, 0.29) is 5.91 Å². The second-order valence-electron chi connectivity index (χ2n) is 7.22. The summed E-state index contributed by atoms with van der Waals surface area (Å²) in [4.78, 5) is 12.4. The average Bonchev–Trinajstić information content (AvgIpc) is 3.11. The zero-order valence-corrected chi connectivity index (χ0v) is 19.1. The predicted octanol–water partition coefficient (Wildman–Crippen LogP) is 3.89. The van der Waals surface area contributed by atoms with Crippen molar-refractivity contribution in [2.75, 3.05) is 27.9 Å². The number of carbonyl (C=O) groups is 1. The summed E-state index contributed by atoms with van der Waals surface area (Å²) in [6, 6.07) is 13.5. The summed E-state index contributed by atoms with van der Waals surface area (Å²) in [5, 5.41) is 7.52. The van der Waals surface area contributed by atoms with Crippen LogP contribution in [-0.4, -0.2) is 43.6 Å². The zero-order chi connectivity index (χ0) is 23.1. The largest absolute Gasteiger partial charge is 0.496 e. The van der Waals surface area contributed by atoms with Gasteiger partial charge in [-0.05, 0) is 38.5 Å². The molecule has 0 radical (unpaired) electrons. The first kappa shape index (κ1) is 22.9.